The topological polar surface area (TPSA) is 9.23 Å². The molecule has 4 rings (SSSR count). The molecule has 1 heterocycles. The molecule has 1 fully saturated rings. The van der Waals surface area contributed by atoms with Crippen molar-refractivity contribution >= 4 is 11.3 Å². The Bertz CT molecular complexity index is 648. The van der Waals surface area contributed by atoms with E-state index >= 15 is 0 Å². The van der Waals surface area contributed by atoms with Crippen molar-refractivity contribution in [1.29, 1.82) is 0 Å². The summed E-state index contributed by atoms with van der Waals surface area (Å²) in [5.74, 6) is 2.29. The third-order valence-electron chi connectivity index (χ3n) is 4.02. The Hall–Kier alpha value is -1.76. The number of hydrogen-bond acceptors (Lipinski definition) is 1. The normalized spacial score (nSPS) is 28.5. The first-order valence-corrected chi connectivity index (χ1v) is 6.26. The van der Waals surface area contributed by atoms with Crippen LogP contribution in [0.4, 0.5) is 0 Å². The number of ether oxygens (including phenoxy) is 1. The van der Waals surface area contributed by atoms with E-state index in [1.807, 2.05) is 0 Å². The van der Waals surface area contributed by atoms with Crippen LogP contribution in [0.3, 0.4) is 0 Å². The van der Waals surface area contributed by atoms with Gasteiger partial charge in [-0.2, -0.15) is 0 Å². The Labute approximate surface area is 100 Å². The van der Waals surface area contributed by atoms with Crippen LogP contribution in [0.1, 0.15) is 6.42 Å². The summed E-state index contributed by atoms with van der Waals surface area (Å²) in [6.07, 6.45) is 10.0. The molecule has 2 atom stereocenters. The van der Waals surface area contributed by atoms with Crippen LogP contribution in [0.2, 0.25) is 0 Å². The molecule has 0 spiro atoms. The van der Waals surface area contributed by atoms with Gasteiger partial charge in [-0.1, -0.05) is 48.6 Å². The van der Waals surface area contributed by atoms with Gasteiger partial charge in [-0.3, -0.25) is 0 Å². The third-order valence-corrected chi connectivity index (χ3v) is 4.02. The second kappa shape index (κ2) is 3.36. The number of allylic oxidation sites excluding steroid dienone is 4. The summed E-state index contributed by atoms with van der Waals surface area (Å²) in [6.45, 7) is 0.871. The van der Waals surface area contributed by atoms with E-state index in [-0.39, 0.29) is 0 Å². The summed E-state index contributed by atoms with van der Waals surface area (Å²) in [5.41, 5.74) is 1.46. The van der Waals surface area contributed by atoms with E-state index in [9.17, 15) is 0 Å². The number of benzene rings is 1. The van der Waals surface area contributed by atoms with E-state index in [1.165, 1.54) is 21.8 Å². The fourth-order valence-electron chi connectivity index (χ4n) is 3.28. The largest absolute Gasteiger partial charge is 0.497 e. The highest BCUT2D eigenvalue weighted by molar-refractivity contribution is 5.70. The molecule has 84 valence electrons. The molecule has 17 heavy (non-hydrogen) atoms. The quantitative estimate of drug-likeness (QED) is 0.649. The van der Waals surface area contributed by atoms with Gasteiger partial charge >= 0.3 is 0 Å². The summed E-state index contributed by atoms with van der Waals surface area (Å²) in [7, 11) is 0. The molecule has 2 unspecified atom stereocenters. The van der Waals surface area contributed by atoms with Crippen LogP contribution in [0.25, 0.3) is 11.3 Å². The molecule has 1 aromatic rings. The maximum Gasteiger partial charge on any atom is 0.108 e. The standard InChI is InChI=1S/C16H14O/c1-2-7-13-11(5-1)12-6-3-4-8-14(12)16-15(13)9-10-17-16/h1-8,13,15H,9-10H2. The molecule has 1 saturated heterocycles. The number of fused-ring (bicyclic) bond motifs is 4. The van der Waals surface area contributed by atoms with E-state index in [2.05, 4.69) is 48.6 Å². The van der Waals surface area contributed by atoms with Crippen molar-refractivity contribution in [3.63, 3.8) is 0 Å². The van der Waals surface area contributed by atoms with E-state index in [1.54, 1.807) is 0 Å². The third kappa shape index (κ3) is 1.20. The van der Waals surface area contributed by atoms with Gasteiger partial charge in [0, 0.05) is 17.1 Å². The lowest BCUT2D eigenvalue weighted by Crippen LogP contribution is -2.38. The van der Waals surface area contributed by atoms with Gasteiger partial charge in [0.25, 0.3) is 0 Å². The minimum absolute atomic E-state index is 0.521. The second-order valence-electron chi connectivity index (χ2n) is 4.88. The molecule has 0 N–H and O–H groups in total. The molecule has 1 aromatic carbocycles. The van der Waals surface area contributed by atoms with Crippen LogP contribution in [0.15, 0.2) is 48.6 Å². The van der Waals surface area contributed by atoms with Crippen molar-refractivity contribution in [2.75, 3.05) is 6.61 Å². The molecule has 0 saturated carbocycles. The predicted octanol–water partition coefficient (Wildman–Crippen LogP) is 1.74. The van der Waals surface area contributed by atoms with Gasteiger partial charge in [0.15, 0.2) is 0 Å². The monoisotopic (exact) mass is 222 g/mol. The van der Waals surface area contributed by atoms with Crippen molar-refractivity contribution in [1.82, 2.24) is 0 Å². The van der Waals surface area contributed by atoms with Gasteiger partial charge in [0.2, 0.25) is 0 Å². The van der Waals surface area contributed by atoms with Gasteiger partial charge in [-0.15, -0.1) is 0 Å². The zero-order chi connectivity index (χ0) is 11.2. The fourth-order valence-corrected chi connectivity index (χ4v) is 3.28. The average molecular weight is 222 g/mol. The van der Waals surface area contributed by atoms with Crippen molar-refractivity contribution in [3.05, 3.63) is 59.0 Å². The fraction of sp³-hybridized carbons (Fsp3) is 0.250. The lowest BCUT2D eigenvalue weighted by atomic mass is 9.77. The first kappa shape index (κ1) is 9.29. The van der Waals surface area contributed by atoms with Gasteiger partial charge in [-0.05, 0) is 17.2 Å². The van der Waals surface area contributed by atoms with Crippen molar-refractivity contribution in [2.24, 2.45) is 11.8 Å². The van der Waals surface area contributed by atoms with Crippen molar-refractivity contribution < 1.29 is 4.74 Å². The van der Waals surface area contributed by atoms with Gasteiger partial charge in [-0.25, -0.2) is 0 Å². The second-order valence-corrected chi connectivity index (χ2v) is 4.88. The Kier molecular flexibility index (Phi) is 1.84. The first-order chi connectivity index (χ1) is 8.45. The van der Waals surface area contributed by atoms with Crippen LogP contribution in [0.5, 0.6) is 0 Å². The number of hydrogen-bond donors (Lipinski definition) is 0. The van der Waals surface area contributed by atoms with E-state index in [4.69, 9.17) is 4.74 Å². The lowest BCUT2D eigenvalue weighted by Gasteiger charge is -2.27. The molecule has 0 amide bonds. The smallest absolute Gasteiger partial charge is 0.108 e. The Morgan fingerprint density at radius 2 is 1.94 bits per heavy atom. The molecule has 0 radical (unpaired) electrons. The molecule has 1 nitrogen and oxygen atoms in total. The van der Waals surface area contributed by atoms with Crippen LogP contribution in [0, 0.1) is 11.8 Å². The van der Waals surface area contributed by atoms with Crippen LogP contribution in [-0.4, -0.2) is 6.61 Å². The van der Waals surface area contributed by atoms with Gasteiger partial charge in [0.05, 0.1) is 6.61 Å². The van der Waals surface area contributed by atoms with E-state index in [0.717, 1.165) is 13.0 Å². The summed E-state index contributed by atoms with van der Waals surface area (Å²) < 4.78 is 5.88. The van der Waals surface area contributed by atoms with Gasteiger partial charge in [0.1, 0.15) is 5.76 Å². The summed E-state index contributed by atoms with van der Waals surface area (Å²) in [5, 5.41) is 2.66. The highest BCUT2D eigenvalue weighted by Crippen LogP contribution is 2.39. The average Bonchev–Trinajstić information content (AvgIpc) is 2.89. The first-order valence-electron chi connectivity index (χ1n) is 6.26. The zero-order valence-corrected chi connectivity index (χ0v) is 9.60. The van der Waals surface area contributed by atoms with Crippen LogP contribution >= 0.6 is 0 Å². The molecule has 2 aliphatic carbocycles. The minimum Gasteiger partial charge on any atom is -0.497 e. The molecule has 1 aliphatic heterocycles. The Morgan fingerprint density at radius 3 is 2.88 bits per heavy atom. The van der Waals surface area contributed by atoms with Crippen molar-refractivity contribution in [3.8, 4) is 0 Å². The summed E-state index contributed by atoms with van der Waals surface area (Å²) in [6, 6.07) is 8.63. The number of rotatable bonds is 0. The maximum absolute atomic E-state index is 5.88. The van der Waals surface area contributed by atoms with Crippen LogP contribution < -0.4 is 10.4 Å². The summed E-state index contributed by atoms with van der Waals surface area (Å²) >= 11 is 0. The molecular weight excluding hydrogens is 208 g/mol. The lowest BCUT2D eigenvalue weighted by molar-refractivity contribution is 0.314. The molecular formula is C16H14O. The maximum atomic E-state index is 5.88. The predicted molar refractivity (Wildman–Crippen MR) is 68.3 cm³/mol. The molecule has 0 bridgehead atoms. The van der Waals surface area contributed by atoms with Crippen molar-refractivity contribution in [2.45, 2.75) is 6.42 Å². The SMILES string of the molecule is C1=CC2=c3ccccc3=C3OCCC3C2C=C1. The molecule has 0 aromatic heterocycles. The van der Waals surface area contributed by atoms with Gasteiger partial charge < -0.3 is 4.74 Å². The highest BCUT2D eigenvalue weighted by atomic mass is 16.5. The van der Waals surface area contributed by atoms with Crippen LogP contribution in [-0.2, 0) is 4.74 Å². The summed E-state index contributed by atoms with van der Waals surface area (Å²) in [4.78, 5) is 0. The highest BCUT2D eigenvalue weighted by Gasteiger charge is 2.35. The van der Waals surface area contributed by atoms with E-state index < -0.39 is 0 Å². The molecule has 3 aliphatic rings. The Morgan fingerprint density at radius 1 is 1.06 bits per heavy atom. The minimum atomic E-state index is 0.521. The zero-order valence-electron chi connectivity index (χ0n) is 9.60. The molecule has 1 heteroatoms. The Balaban J connectivity index is 2.16. The van der Waals surface area contributed by atoms with E-state index in [0.29, 0.717) is 11.8 Å².